The third-order valence-electron chi connectivity index (χ3n) is 5.88. The van der Waals surface area contributed by atoms with Gasteiger partial charge in [-0.2, -0.15) is 0 Å². The zero-order chi connectivity index (χ0) is 15.0. The number of rotatable bonds is 0. The van der Waals surface area contributed by atoms with Crippen LogP contribution in [0.4, 0.5) is 4.79 Å². The second-order valence-corrected chi connectivity index (χ2v) is 8.01. The molecule has 5 heteroatoms. The molecule has 0 aromatic heterocycles. The number of ether oxygens (including phenoxy) is 2. The molecular formula is C16H23NO4. The van der Waals surface area contributed by atoms with Crippen molar-refractivity contribution in [2.45, 2.75) is 63.6 Å². The molecule has 2 saturated heterocycles. The third-order valence-corrected chi connectivity index (χ3v) is 5.88. The van der Waals surface area contributed by atoms with Gasteiger partial charge in [0.25, 0.3) is 0 Å². The Kier molecular flexibility index (Phi) is 2.51. The van der Waals surface area contributed by atoms with Gasteiger partial charge >= 0.3 is 12.1 Å². The van der Waals surface area contributed by atoms with Crippen LogP contribution >= 0.6 is 0 Å². The molecule has 2 heterocycles. The van der Waals surface area contributed by atoms with Crippen LogP contribution in [0.1, 0.15) is 46.5 Å². The minimum atomic E-state index is -0.511. The number of esters is 1. The molecule has 0 aromatic carbocycles. The molecule has 0 aromatic rings. The van der Waals surface area contributed by atoms with E-state index < -0.39 is 11.1 Å². The van der Waals surface area contributed by atoms with Gasteiger partial charge in [-0.25, -0.2) is 4.79 Å². The Bertz CT molecular complexity index is 511. The quantitative estimate of drug-likeness (QED) is 0.643. The number of likely N-dealkylation sites (tertiary alicyclic amines) is 1. The van der Waals surface area contributed by atoms with Gasteiger partial charge in [0.1, 0.15) is 12.2 Å². The first-order valence-electron chi connectivity index (χ1n) is 8.03. The molecule has 4 rings (SSSR count). The van der Waals surface area contributed by atoms with E-state index in [1.807, 2.05) is 25.7 Å². The van der Waals surface area contributed by atoms with Gasteiger partial charge in [0.2, 0.25) is 0 Å². The van der Waals surface area contributed by atoms with Gasteiger partial charge in [-0.1, -0.05) is 6.42 Å². The van der Waals surface area contributed by atoms with Gasteiger partial charge in [-0.05, 0) is 51.9 Å². The van der Waals surface area contributed by atoms with Crippen LogP contribution in [0.3, 0.4) is 0 Å². The lowest BCUT2D eigenvalue weighted by molar-refractivity contribution is -0.143. The van der Waals surface area contributed by atoms with Gasteiger partial charge < -0.3 is 9.47 Å². The van der Waals surface area contributed by atoms with E-state index in [-0.39, 0.29) is 24.0 Å². The van der Waals surface area contributed by atoms with Crippen LogP contribution in [0.2, 0.25) is 0 Å². The molecule has 1 amide bonds. The molecule has 0 radical (unpaired) electrons. The summed E-state index contributed by atoms with van der Waals surface area (Å²) in [6.07, 6.45) is 3.99. The number of carbonyl (C=O) groups is 2. The number of amides is 1. The minimum absolute atomic E-state index is 0.124. The van der Waals surface area contributed by atoms with Crippen molar-refractivity contribution in [3.63, 3.8) is 0 Å². The lowest BCUT2D eigenvalue weighted by atomic mass is 9.58. The topological polar surface area (TPSA) is 55.8 Å². The zero-order valence-electron chi connectivity index (χ0n) is 12.9. The summed E-state index contributed by atoms with van der Waals surface area (Å²) in [5.41, 5.74) is -0.905. The molecule has 2 saturated carbocycles. The average molecular weight is 293 g/mol. The molecule has 2 aliphatic heterocycles. The van der Waals surface area contributed by atoms with E-state index in [2.05, 4.69) is 0 Å². The van der Waals surface area contributed by atoms with E-state index in [9.17, 15) is 9.59 Å². The summed E-state index contributed by atoms with van der Waals surface area (Å²) in [6, 6.07) is 0.240. The fourth-order valence-corrected chi connectivity index (χ4v) is 5.20. The van der Waals surface area contributed by atoms with Gasteiger partial charge in [0.15, 0.2) is 0 Å². The standard InChI is InChI=1S/C16H23NO4/c1-15(2,3)21-14(19)17-12-6-4-5-9(12)10-7-11-13(18)20-8-16(10,11)17/h9-12H,4-8H2,1-3H3. The van der Waals surface area contributed by atoms with Crippen molar-refractivity contribution in [1.82, 2.24) is 4.90 Å². The van der Waals surface area contributed by atoms with Crippen LogP contribution in [0.15, 0.2) is 0 Å². The van der Waals surface area contributed by atoms with E-state index in [1.165, 1.54) is 6.42 Å². The van der Waals surface area contributed by atoms with Crippen molar-refractivity contribution in [1.29, 1.82) is 0 Å². The highest BCUT2D eigenvalue weighted by atomic mass is 16.6. The Labute approximate surface area is 125 Å². The Morgan fingerprint density at radius 1 is 1.38 bits per heavy atom. The van der Waals surface area contributed by atoms with Crippen molar-refractivity contribution in [3.8, 4) is 0 Å². The van der Waals surface area contributed by atoms with E-state index in [0.717, 1.165) is 19.3 Å². The van der Waals surface area contributed by atoms with Crippen LogP contribution in [-0.2, 0) is 14.3 Å². The molecule has 2 aliphatic carbocycles. The maximum absolute atomic E-state index is 12.8. The monoisotopic (exact) mass is 293 g/mol. The zero-order valence-corrected chi connectivity index (χ0v) is 12.9. The minimum Gasteiger partial charge on any atom is -0.463 e. The van der Waals surface area contributed by atoms with Crippen LogP contribution < -0.4 is 0 Å². The Morgan fingerprint density at radius 3 is 2.81 bits per heavy atom. The van der Waals surface area contributed by atoms with Gasteiger partial charge in [-0.3, -0.25) is 9.69 Å². The summed E-state index contributed by atoms with van der Waals surface area (Å²) in [5, 5.41) is 0. The predicted molar refractivity (Wildman–Crippen MR) is 74.5 cm³/mol. The fraction of sp³-hybridized carbons (Fsp3) is 0.875. The second kappa shape index (κ2) is 3.93. The Morgan fingerprint density at radius 2 is 2.14 bits per heavy atom. The second-order valence-electron chi connectivity index (χ2n) is 8.01. The molecule has 0 bridgehead atoms. The number of hydrogen-bond donors (Lipinski definition) is 0. The summed E-state index contributed by atoms with van der Waals surface area (Å²) < 4.78 is 11.0. The molecule has 5 unspecified atom stereocenters. The van der Waals surface area contributed by atoms with Crippen molar-refractivity contribution < 1.29 is 19.1 Å². The van der Waals surface area contributed by atoms with Crippen molar-refractivity contribution >= 4 is 12.1 Å². The highest BCUT2D eigenvalue weighted by molar-refractivity contribution is 5.82. The smallest absolute Gasteiger partial charge is 0.411 e. The number of hydrogen-bond acceptors (Lipinski definition) is 4. The summed E-state index contributed by atoms with van der Waals surface area (Å²) in [4.78, 5) is 26.6. The molecular weight excluding hydrogens is 270 g/mol. The molecule has 5 nitrogen and oxygen atoms in total. The van der Waals surface area contributed by atoms with Gasteiger partial charge in [0.05, 0.1) is 11.5 Å². The van der Waals surface area contributed by atoms with Crippen LogP contribution in [0.25, 0.3) is 0 Å². The lowest BCUT2D eigenvalue weighted by Crippen LogP contribution is -2.65. The first-order chi connectivity index (χ1) is 9.84. The Hall–Kier alpha value is -1.26. The molecule has 1 spiro atoms. The van der Waals surface area contributed by atoms with Crippen molar-refractivity contribution in [3.05, 3.63) is 0 Å². The SMILES string of the molecule is CC(C)(C)OC(=O)N1C2CCCC2C2CC3C(=O)OCC321. The predicted octanol–water partition coefficient (Wildman–Crippen LogP) is 2.34. The normalized spacial score (nSPS) is 43.8. The number of nitrogens with zero attached hydrogens (tertiary/aromatic N) is 1. The maximum Gasteiger partial charge on any atom is 0.411 e. The summed E-state index contributed by atoms with van der Waals surface area (Å²) in [6.45, 7) is 6.03. The van der Waals surface area contributed by atoms with Crippen LogP contribution in [0, 0.1) is 17.8 Å². The van der Waals surface area contributed by atoms with E-state index >= 15 is 0 Å². The highest BCUT2D eigenvalue weighted by Gasteiger charge is 2.75. The largest absolute Gasteiger partial charge is 0.463 e. The maximum atomic E-state index is 12.8. The van der Waals surface area contributed by atoms with Crippen molar-refractivity contribution in [2.75, 3.05) is 6.61 Å². The van der Waals surface area contributed by atoms with Gasteiger partial charge in [0, 0.05) is 6.04 Å². The highest BCUT2D eigenvalue weighted by Crippen LogP contribution is 2.65. The summed E-state index contributed by atoms with van der Waals surface area (Å²) >= 11 is 0. The van der Waals surface area contributed by atoms with Gasteiger partial charge in [-0.15, -0.1) is 0 Å². The molecule has 4 aliphatic rings. The lowest BCUT2D eigenvalue weighted by Gasteiger charge is -2.50. The number of carbonyl (C=O) groups excluding carboxylic acids is 2. The Balaban J connectivity index is 1.69. The van der Waals surface area contributed by atoms with E-state index in [4.69, 9.17) is 9.47 Å². The molecule has 5 atom stereocenters. The molecule has 21 heavy (non-hydrogen) atoms. The fourth-order valence-electron chi connectivity index (χ4n) is 5.20. The summed E-state index contributed by atoms with van der Waals surface area (Å²) in [7, 11) is 0. The summed E-state index contributed by atoms with van der Waals surface area (Å²) in [5.74, 6) is 0.706. The van der Waals surface area contributed by atoms with E-state index in [0.29, 0.717) is 18.4 Å². The average Bonchev–Trinajstić information content (AvgIpc) is 2.92. The van der Waals surface area contributed by atoms with Crippen LogP contribution in [0.5, 0.6) is 0 Å². The molecule has 4 fully saturated rings. The number of fused-ring (bicyclic) bond motifs is 2. The first kappa shape index (κ1) is 13.4. The molecule has 116 valence electrons. The molecule has 0 N–H and O–H groups in total. The number of cyclic esters (lactones) is 1. The first-order valence-corrected chi connectivity index (χ1v) is 8.03. The third kappa shape index (κ3) is 1.58. The van der Waals surface area contributed by atoms with E-state index in [1.54, 1.807) is 0 Å². The van der Waals surface area contributed by atoms with Crippen molar-refractivity contribution in [2.24, 2.45) is 17.8 Å². The van der Waals surface area contributed by atoms with Crippen LogP contribution in [-0.4, -0.2) is 40.8 Å².